The number of nitrogens with zero attached hydrogens (tertiary/aromatic N) is 3. The minimum Gasteiger partial charge on any atom is -0.325 e. The van der Waals surface area contributed by atoms with Crippen LogP contribution in [0.25, 0.3) is 5.69 Å². The van der Waals surface area contributed by atoms with Gasteiger partial charge >= 0.3 is 6.18 Å². The molecule has 0 amide bonds. The smallest absolute Gasteiger partial charge is 0.325 e. The van der Waals surface area contributed by atoms with Crippen molar-refractivity contribution in [2.75, 3.05) is 0 Å². The van der Waals surface area contributed by atoms with Gasteiger partial charge in [0.25, 0.3) is 0 Å². The molecule has 90 valence electrons. The summed E-state index contributed by atoms with van der Waals surface area (Å²) in [6.45, 7) is 0.133. The van der Waals surface area contributed by atoms with Crippen molar-refractivity contribution in [3.63, 3.8) is 0 Å². The summed E-state index contributed by atoms with van der Waals surface area (Å²) in [6, 6.07) is 5.17. The van der Waals surface area contributed by atoms with Crippen molar-refractivity contribution in [2.45, 2.75) is 12.7 Å². The first-order valence-electron chi connectivity index (χ1n) is 4.80. The van der Waals surface area contributed by atoms with Gasteiger partial charge < -0.3 is 5.73 Å². The Morgan fingerprint density at radius 2 is 1.94 bits per heavy atom. The number of hydrogen-bond acceptors (Lipinski definition) is 3. The van der Waals surface area contributed by atoms with Crippen molar-refractivity contribution >= 4 is 0 Å². The lowest BCUT2D eigenvalue weighted by atomic mass is 10.1. The number of para-hydroxylation sites is 1. The molecule has 1 heterocycles. The van der Waals surface area contributed by atoms with Crippen LogP contribution in [-0.2, 0) is 12.7 Å². The SMILES string of the molecule is NCc1cn(-c2ccccc2C(F)(F)F)nn1. The molecule has 0 radical (unpaired) electrons. The van der Waals surface area contributed by atoms with Crippen molar-refractivity contribution in [3.8, 4) is 5.69 Å². The molecule has 2 N–H and O–H groups in total. The van der Waals surface area contributed by atoms with Crippen LogP contribution in [0.1, 0.15) is 11.3 Å². The molecule has 0 spiro atoms. The Hall–Kier alpha value is -1.89. The summed E-state index contributed by atoms with van der Waals surface area (Å²) in [5.74, 6) is 0. The molecular weight excluding hydrogens is 233 g/mol. The second-order valence-electron chi connectivity index (χ2n) is 3.37. The molecule has 0 aliphatic rings. The van der Waals surface area contributed by atoms with Crippen molar-refractivity contribution in [3.05, 3.63) is 41.7 Å². The highest BCUT2D eigenvalue weighted by Gasteiger charge is 2.33. The molecule has 0 aliphatic heterocycles. The quantitative estimate of drug-likeness (QED) is 0.872. The second-order valence-corrected chi connectivity index (χ2v) is 3.37. The van der Waals surface area contributed by atoms with Crippen LogP contribution in [0.5, 0.6) is 0 Å². The van der Waals surface area contributed by atoms with E-state index in [-0.39, 0.29) is 12.2 Å². The maximum absolute atomic E-state index is 12.7. The van der Waals surface area contributed by atoms with Gasteiger partial charge in [-0.05, 0) is 12.1 Å². The lowest BCUT2D eigenvalue weighted by molar-refractivity contribution is -0.137. The fourth-order valence-electron chi connectivity index (χ4n) is 1.42. The molecule has 0 aliphatic carbocycles. The number of halogens is 3. The van der Waals surface area contributed by atoms with Crippen molar-refractivity contribution in [1.29, 1.82) is 0 Å². The fourth-order valence-corrected chi connectivity index (χ4v) is 1.42. The molecule has 0 saturated carbocycles. The number of aromatic nitrogens is 3. The van der Waals surface area contributed by atoms with E-state index < -0.39 is 11.7 Å². The van der Waals surface area contributed by atoms with E-state index in [1.807, 2.05) is 0 Å². The van der Waals surface area contributed by atoms with E-state index in [2.05, 4.69) is 10.3 Å². The highest BCUT2D eigenvalue weighted by Crippen LogP contribution is 2.33. The summed E-state index contributed by atoms with van der Waals surface area (Å²) >= 11 is 0. The number of nitrogens with two attached hydrogens (primary N) is 1. The Bertz CT molecular complexity index is 518. The van der Waals surface area contributed by atoms with Crippen LogP contribution < -0.4 is 5.73 Å². The summed E-state index contributed by atoms with van der Waals surface area (Å²) in [5.41, 5.74) is 4.94. The van der Waals surface area contributed by atoms with Gasteiger partial charge in [-0.3, -0.25) is 0 Å². The van der Waals surface area contributed by atoms with E-state index in [0.717, 1.165) is 10.7 Å². The number of hydrogen-bond donors (Lipinski definition) is 1. The van der Waals surface area contributed by atoms with Gasteiger partial charge in [0.1, 0.15) is 0 Å². The second kappa shape index (κ2) is 4.17. The summed E-state index contributed by atoms with van der Waals surface area (Å²) in [6.07, 6.45) is -3.05. The van der Waals surface area contributed by atoms with Crippen LogP contribution >= 0.6 is 0 Å². The average Bonchev–Trinajstić information content (AvgIpc) is 2.76. The monoisotopic (exact) mass is 242 g/mol. The molecule has 7 heteroatoms. The molecule has 0 bridgehead atoms. The fraction of sp³-hybridized carbons (Fsp3) is 0.200. The Morgan fingerprint density at radius 1 is 1.24 bits per heavy atom. The molecule has 4 nitrogen and oxygen atoms in total. The largest absolute Gasteiger partial charge is 0.418 e. The first-order valence-corrected chi connectivity index (χ1v) is 4.80. The Labute approximate surface area is 94.9 Å². The summed E-state index contributed by atoms with van der Waals surface area (Å²) < 4.78 is 39.3. The number of alkyl halides is 3. The molecule has 2 aromatic rings. The minimum absolute atomic E-state index is 0.0628. The van der Waals surface area contributed by atoms with E-state index in [1.54, 1.807) is 0 Å². The van der Waals surface area contributed by atoms with Crippen LogP contribution in [0.4, 0.5) is 13.2 Å². The van der Waals surface area contributed by atoms with Gasteiger partial charge in [0.15, 0.2) is 0 Å². The first-order chi connectivity index (χ1) is 8.02. The normalized spacial score (nSPS) is 11.8. The van der Waals surface area contributed by atoms with Crippen molar-refractivity contribution in [1.82, 2.24) is 15.0 Å². The average molecular weight is 242 g/mol. The van der Waals surface area contributed by atoms with Crippen LogP contribution in [0, 0.1) is 0 Å². The van der Waals surface area contributed by atoms with E-state index >= 15 is 0 Å². The Kier molecular flexibility index (Phi) is 2.84. The minimum atomic E-state index is -4.43. The van der Waals surface area contributed by atoms with Crippen LogP contribution in [0.15, 0.2) is 30.5 Å². The van der Waals surface area contributed by atoms with E-state index in [1.165, 1.54) is 24.4 Å². The highest BCUT2D eigenvalue weighted by atomic mass is 19.4. The van der Waals surface area contributed by atoms with Crippen LogP contribution in [0.2, 0.25) is 0 Å². The molecule has 17 heavy (non-hydrogen) atoms. The standard InChI is InChI=1S/C10H9F3N4/c11-10(12,13)8-3-1-2-4-9(8)17-6-7(5-14)15-16-17/h1-4,6H,5,14H2. The van der Waals surface area contributed by atoms with Gasteiger partial charge in [-0.1, -0.05) is 17.3 Å². The molecule has 0 saturated heterocycles. The maximum Gasteiger partial charge on any atom is 0.418 e. The third-order valence-electron chi connectivity index (χ3n) is 2.21. The van der Waals surface area contributed by atoms with Gasteiger partial charge in [-0.25, -0.2) is 4.68 Å². The van der Waals surface area contributed by atoms with Crippen molar-refractivity contribution < 1.29 is 13.2 Å². The lowest BCUT2D eigenvalue weighted by Crippen LogP contribution is -2.11. The summed E-state index contributed by atoms with van der Waals surface area (Å²) in [7, 11) is 0. The molecular formula is C10H9F3N4. The van der Waals surface area contributed by atoms with E-state index in [9.17, 15) is 13.2 Å². The number of rotatable bonds is 2. The van der Waals surface area contributed by atoms with Gasteiger partial charge in [-0.2, -0.15) is 13.2 Å². The third kappa shape index (κ3) is 2.28. The molecule has 1 aromatic carbocycles. The van der Waals surface area contributed by atoms with E-state index in [0.29, 0.717) is 5.69 Å². The van der Waals surface area contributed by atoms with Gasteiger partial charge in [0.05, 0.1) is 23.1 Å². The predicted molar refractivity (Wildman–Crippen MR) is 54.3 cm³/mol. The van der Waals surface area contributed by atoms with Gasteiger partial charge in [-0.15, -0.1) is 5.10 Å². The number of benzene rings is 1. The topological polar surface area (TPSA) is 56.7 Å². The van der Waals surface area contributed by atoms with Crippen LogP contribution in [-0.4, -0.2) is 15.0 Å². The zero-order valence-corrected chi connectivity index (χ0v) is 8.65. The molecule has 1 aromatic heterocycles. The van der Waals surface area contributed by atoms with Crippen LogP contribution in [0.3, 0.4) is 0 Å². The summed E-state index contributed by atoms with van der Waals surface area (Å²) in [5, 5.41) is 7.27. The van der Waals surface area contributed by atoms with Crippen molar-refractivity contribution in [2.24, 2.45) is 5.73 Å². The molecule has 0 unspecified atom stereocenters. The zero-order chi connectivity index (χ0) is 12.5. The Morgan fingerprint density at radius 3 is 2.53 bits per heavy atom. The molecule has 0 atom stereocenters. The Balaban J connectivity index is 2.52. The maximum atomic E-state index is 12.7. The highest BCUT2D eigenvalue weighted by molar-refractivity contribution is 5.42. The van der Waals surface area contributed by atoms with E-state index in [4.69, 9.17) is 5.73 Å². The lowest BCUT2D eigenvalue weighted by Gasteiger charge is -2.11. The van der Waals surface area contributed by atoms with Gasteiger partial charge in [0.2, 0.25) is 0 Å². The predicted octanol–water partition coefficient (Wildman–Crippen LogP) is 1.74. The van der Waals surface area contributed by atoms with Gasteiger partial charge in [0, 0.05) is 6.54 Å². The summed E-state index contributed by atoms with van der Waals surface area (Å²) in [4.78, 5) is 0. The zero-order valence-electron chi connectivity index (χ0n) is 8.65. The third-order valence-corrected chi connectivity index (χ3v) is 2.21. The molecule has 0 fully saturated rings. The first kappa shape index (κ1) is 11.6. The molecule has 2 rings (SSSR count).